The smallest absolute Gasteiger partial charge is 0.261 e. The lowest BCUT2D eigenvalue weighted by atomic mass is 9.93. The molecule has 1 atom stereocenters. The van der Waals surface area contributed by atoms with Crippen LogP contribution in [0.15, 0.2) is 24.3 Å². The van der Waals surface area contributed by atoms with Crippen LogP contribution >= 0.6 is 11.3 Å². The summed E-state index contributed by atoms with van der Waals surface area (Å²) in [5, 5.41) is 8.27. The molecule has 1 N–H and O–H groups in total. The van der Waals surface area contributed by atoms with E-state index in [2.05, 4.69) is 27.5 Å². The Labute approximate surface area is 186 Å². The topological polar surface area (TPSA) is 80.1 Å². The van der Waals surface area contributed by atoms with Gasteiger partial charge in [-0.25, -0.2) is 9.67 Å². The van der Waals surface area contributed by atoms with Gasteiger partial charge in [0.15, 0.2) is 0 Å². The Morgan fingerprint density at radius 2 is 2.03 bits per heavy atom. The minimum Gasteiger partial charge on any atom is -0.354 e. The van der Waals surface area contributed by atoms with Crippen LogP contribution in [0.4, 0.5) is 0 Å². The lowest BCUT2D eigenvalue weighted by molar-refractivity contribution is -0.135. The number of fused-ring (bicyclic) bond motifs is 1. The highest BCUT2D eigenvalue weighted by atomic mass is 32.1. The Balaban J connectivity index is 1.55. The van der Waals surface area contributed by atoms with Crippen LogP contribution in [0.1, 0.15) is 52.6 Å². The molecule has 3 heterocycles. The van der Waals surface area contributed by atoms with Gasteiger partial charge in [0.1, 0.15) is 11.6 Å². The fourth-order valence-electron chi connectivity index (χ4n) is 4.49. The molecule has 1 aliphatic heterocycles. The number of aryl methyl sites for hydroxylation is 3. The van der Waals surface area contributed by atoms with E-state index in [-0.39, 0.29) is 17.9 Å². The van der Waals surface area contributed by atoms with E-state index in [0.29, 0.717) is 19.4 Å². The molecule has 1 aromatic carbocycles. The van der Waals surface area contributed by atoms with Crippen molar-refractivity contribution in [2.45, 2.75) is 58.5 Å². The monoisotopic (exact) mass is 439 g/mol. The molecule has 0 bridgehead atoms. The Hall–Kier alpha value is -2.74. The SMILES string of the molecule is CNC(=O)c1sc2ccccc2c1CC1CCCCN1C(=O)CCn1nc(C)nc1C. The molecule has 1 unspecified atom stereocenters. The Kier molecular flexibility index (Phi) is 6.36. The number of benzene rings is 1. The van der Waals surface area contributed by atoms with Crippen LogP contribution in [0.3, 0.4) is 0 Å². The Morgan fingerprint density at radius 3 is 2.77 bits per heavy atom. The number of thiophene rings is 1. The maximum atomic E-state index is 13.2. The van der Waals surface area contributed by atoms with Crippen molar-refractivity contribution in [1.82, 2.24) is 25.0 Å². The lowest BCUT2D eigenvalue weighted by Gasteiger charge is -2.36. The maximum absolute atomic E-state index is 13.2. The summed E-state index contributed by atoms with van der Waals surface area (Å²) in [5.41, 5.74) is 1.06. The molecule has 0 radical (unpaired) electrons. The van der Waals surface area contributed by atoms with Gasteiger partial charge in [-0.15, -0.1) is 11.3 Å². The maximum Gasteiger partial charge on any atom is 0.261 e. The molecule has 3 aromatic rings. The van der Waals surface area contributed by atoms with Gasteiger partial charge in [-0.2, -0.15) is 5.10 Å². The quantitative estimate of drug-likeness (QED) is 0.638. The van der Waals surface area contributed by atoms with Crippen LogP contribution < -0.4 is 5.32 Å². The Bertz CT molecular complexity index is 1100. The van der Waals surface area contributed by atoms with Crippen LogP contribution in [-0.2, 0) is 17.8 Å². The van der Waals surface area contributed by atoms with Crippen LogP contribution in [0.5, 0.6) is 0 Å². The number of piperidine rings is 1. The third-order valence-corrected chi connectivity index (χ3v) is 7.23. The zero-order chi connectivity index (χ0) is 22.0. The third kappa shape index (κ3) is 4.49. The summed E-state index contributed by atoms with van der Waals surface area (Å²) < 4.78 is 2.92. The van der Waals surface area contributed by atoms with E-state index >= 15 is 0 Å². The van der Waals surface area contributed by atoms with Crippen molar-refractivity contribution >= 4 is 33.2 Å². The second kappa shape index (κ2) is 9.18. The van der Waals surface area contributed by atoms with E-state index in [1.165, 1.54) is 11.3 Å². The summed E-state index contributed by atoms with van der Waals surface area (Å²) in [7, 11) is 1.67. The van der Waals surface area contributed by atoms with Crippen molar-refractivity contribution in [3.05, 3.63) is 46.4 Å². The summed E-state index contributed by atoms with van der Waals surface area (Å²) in [5.74, 6) is 1.66. The standard InChI is InChI=1S/C23H29N5O2S/c1-15-25-16(2)28(26-15)13-11-21(29)27-12-7-6-8-17(27)14-19-18-9-4-5-10-20(18)31-22(19)23(30)24-3/h4-5,9-10,17H,6-8,11-14H2,1-3H3,(H,24,30). The van der Waals surface area contributed by atoms with Gasteiger partial charge in [-0.1, -0.05) is 18.2 Å². The van der Waals surface area contributed by atoms with Crippen LogP contribution in [0.2, 0.25) is 0 Å². The van der Waals surface area contributed by atoms with Crippen molar-refractivity contribution in [3.63, 3.8) is 0 Å². The van der Waals surface area contributed by atoms with E-state index in [0.717, 1.165) is 58.0 Å². The molecule has 1 saturated heterocycles. The second-order valence-corrected chi connectivity index (χ2v) is 9.16. The van der Waals surface area contributed by atoms with E-state index in [4.69, 9.17) is 0 Å². The molecule has 2 amide bonds. The number of carbonyl (C=O) groups excluding carboxylic acids is 2. The highest BCUT2D eigenvalue weighted by Crippen LogP contribution is 2.34. The molecule has 31 heavy (non-hydrogen) atoms. The number of rotatable bonds is 6. The Morgan fingerprint density at radius 1 is 1.23 bits per heavy atom. The molecule has 1 aliphatic rings. The molecule has 1 fully saturated rings. The predicted molar refractivity (Wildman–Crippen MR) is 122 cm³/mol. The van der Waals surface area contributed by atoms with Gasteiger partial charge in [-0.3, -0.25) is 9.59 Å². The zero-order valence-corrected chi connectivity index (χ0v) is 19.2. The van der Waals surface area contributed by atoms with Gasteiger partial charge in [0.25, 0.3) is 5.91 Å². The summed E-state index contributed by atoms with van der Waals surface area (Å²) in [4.78, 5) is 32.8. The molecule has 0 spiro atoms. The van der Waals surface area contributed by atoms with Gasteiger partial charge in [-0.05, 0) is 56.5 Å². The van der Waals surface area contributed by atoms with Gasteiger partial charge in [0, 0.05) is 30.8 Å². The molecular formula is C23H29N5O2S. The summed E-state index contributed by atoms with van der Waals surface area (Å²) in [6.07, 6.45) is 4.21. The van der Waals surface area contributed by atoms with Gasteiger partial charge in [0.05, 0.1) is 11.4 Å². The number of aromatic nitrogens is 3. The van der Waals surface area contributed by atoms with Crippen molar-refractivity contribution in [2.24, 2.45) is 0 Å². The number of amides is 2. The van der Waals surface area contributed by atoms with Crippen molar-refractivity contribution < 1.29 is 9.59 Å². The summed E-state index contributed by atoms with van der Waals surface area (Å²) in [6.45, 7) is 5.09. The first-order chi connectivity index (χ1) is 15.0. The number of nitrogens with one attached hydrogen (secondary N) is 1. The van der Waals surface area contributed by atoms with E-state index in [9.17, 15) is 9.59 Å². The van der Waals surface area contributed by atoms with Gasteiger partial charge < -0.3 is 10.2 Å². The van der Waals surface area contributed by atoms with Crippen molar-refractivity contribution in [3.8, 4) is 0 Å². The predicted octanol–water partition coefficient (Wildman–Crippen LogP) is 3.48. The third-order valence-electron chi connectivity index (χ3n) is 6.02. The number of nitrogens with zero attached hydrogens (tertiary/aromatic N) is 4. The van der Waals surface area contributed by atoms with E-state index in [1.807, 2.05) is 35.6 Å². The van der Waals surface area contributed by atoms with Crippen LogP contribution in [0, 0.1) is 13.8 Å². The van der Waals surface area contributed by atoms with Crippen LogP contribution in [0.25, 0.3) is 10.1 Å². The largest absolute Gasteiger partial charge is 0.354 e. The van der Waals surface area contributed by atoms with Gasteiger partial charge in [0.2, 0.25) is 5.91 Å². The number of hydrogen-bond acceptors (Lipinski definition) is 5. The number of hydrogen-bond donors (Lipinski definition) is 1. The molecule has 2 aromatic heterocycles. The highest BCUT2D eigenvalue weighted by molar-refractivity contribution is 7.21. The summed E-state index contributed by atoms with van der Waals surface area (Å²) in [6, 6.07) is 8.26. The first kappa shape index (κ1) is 21.5. The first-order valence-electron chi connectivity index (χ1n) is 10.9. The first-order valence-corrected chi connectivity index (χ1v) is 11.7. The van der Waals surface area contributed by atoms with Crippen molar-refractivity contribution in [1.29, 1.82) is 0 Å². The number of likely N-dealkylation sites (tertiary alicyclic amines) is 1. The highest BCUT2D eigenvalue weighted by Gasteiger charge is 2.29. The van der Waals surface area contributed by atoms with Crippen LogP contribution in [-0.4, -0.2) is 51.1 Å². The van der Waals surface area contributed by atoms with Gasteiger partial charge >= 0.3 is 0 Å². The van der Waals surface area contributed by atoms with E-state index in [1.54, 1.807) is 7.05 Å². The average molecular weight is 440 g/mol. The van der Waals surface area contributed by atoms with E-state index < -0.39 is 0 Å². The molecule has 0 saturated carbocycles. The lowest BCUT2D eigenvalue weighted by Crippen LogP contribution is -2.45. The average Bonchev–Trinajstić information content (AvgIpc) is 3.30. The molecule has 7 nitrogen and oxygen atoms in total. The zero-order valence-electron chi connectivity index (χ0n) is 18.4. The fourth-order valence-corrected chi connectivity index (χ4v) is 5.67. The number of carbonyl (C=O) groups is 2. The second-order valence-electron chi connectivity index (χ2n) is 8.11. The minimum atomic E-state index is -0.0538. The molecule has 8 heteroatoms. The molecular weight excluding hydrogens is 410 g/mol. The normalized spacial score (nSPS) is 16.6. The molecule has 0 aliphatic carbocycles. The molecule has 164 valence electrons. The minimum absolute atomic E-state index is 0.0538. The van der Waals surface area contributed by atoms with Crippen molar-refractivity contribution in [2.75, 3.05) is 13.6 Å². The summed E-state index contributed by atoms with van der Waals surface area (Å²) >= 11 is 1.53. The molecule has 4 rings (SSSR count). The fraction of sp³-hybridized carbons (Fsp3) is 0.478.